The number of amides is 1. The molecule has 8 heteroatoms. The Morgan fingerprint density at radius 3 is 3.00 bits per heavy atom. The Morgan fingerprint density at radius 1 is 1.61 bits per heavy atom. The van der Waals surface area contributed by atoms with Crippen molar-refractivity contribution in [3.63, 3.8) is 0 Å². The molecule has 0 aliphatic carbocycles. The van der Waals surface area contributed by atoms with Gasteiger partial charge in [-0.25, -0.2) is 4.98 Å². The highest BCUT2D eigenvalue weighted by atomic mass is 32.1. The third kappa shape index (κ3) is 2.92. The van der Waals surface area contributed by atoms with E-state index in [4.69, 9.17) is 0 Å². The van der Waals surface area contributed by atoms with Crippen molar-refractivity contribution in [2.24, 2.45) is 0 Å². The van der Waals surface area contributed by atoms with Crippen molar-refractivity contribution < 1.29 is 18.0 Å². The summed E-state index contributed by atoms with van der Waals surface area (Å²) in [5.74, 6) is -1.88. The van der Waals surface area contributed by atoms with E-state index in [2.05, 4.69) is 4.98 Å². The molecule has 1 aromatic heterocycles. The van der Waals surface area contributed by atoms with Crippen LogP contribution in [0.1, 0.15) is 12.8 Å². The fourth-order valence-electron chi connectivity index (χ4n) is 1.97. The number of carbonyl (C=O) groups is 1. The van der Waals surface area contributed by atoms with Gasteiger partial charge in [-0.2, -0.15) is 13.2 Å². The van der Waals surface area contributed by atoms with Gasteiger partial charge in [0.25, 0.3) is 0 Å². The maximum absolute atomic E-state index is 12.1. The molecule has 0 radical (unpaired) electrons. The maximum Gasteiger partial charge on any atom is 0.471 e. The monoisotopic (exact) mass is 279 g/mol. The van der Waals surface area contributed by atoms with Gasteiger partial charge in [-0.1, -0.05) is 0 Å². The second-order valence-corrected chi connectivity index (χ2v) is 4.88. The van der Waals surface area contributed by atoms with Gasteiger partial charge in [0.05, 0.1) is 0 Å². The topological polar surface area (TPSA) is 45.2 Å². The number of alkyl halides is 3. The number of nitrogens with zero attached hydrogens (tertiary/aromatic N) is 2. The molecule has 100 valence electrons. The Kier molecular flexibility index (Phi) is 3.74. The summed E-state index contributed by atoms with van der Waals surface area (Å²) in [6.07, 6.45) is -1.50. The summed E-state index contributed by atoms with van der Waals surface area (Å²) in [4.78, 5) is 16.8. The van der Waals surface area contributed by atoms with Crippen molar-refractivity contribution in [3.05, 3.63) is 11.6 Å². The second kappa shape index (κ2) is 5.13. The van der Waals surface area contributed by atoms with Crippen molar-refractivity contribution in [1.82, 2.24) is 10.3 Å². The fraction of sp³-hybridized carbons (Fsp3) is 0.600. The lowest BCUT2D eigenvalue weighted by Gasteiger charge is -2.24. The Bertz CT molecular complexity index is 407. The first-order valence-corrected chi connectivity index (χ1v) is 6.37. The van der Waals surface area contributed by atoms with Gasteiger partial charge in [-0.15, -0.1) is 11.3 Å². The van der Waals surface area contributed by atoms with Crippen LogP contribution in [0.4, 0.5) is 18.3 Å². The molecule has 1 aromatic rings. The highest BCUT2D eigenvalue weighted by molar-refractivity contribution is 7.13. The molecule has 1 fully saturated rings. The molecule has 2 rings (SSSR count). The van der Waals surface area contributed by atoms with Crippen molar-refractivity contribution in [2.45, 2.75) is 25.1 Å². The van der Waals surface area contributed by atoms with Crippen molar-refractivity contribution in [1.29, 1.82) is 0 Å². The van der Waals surface area contributed by atoms with E-state index in [0.29, 0.717) is 0 Å². The van der Waals surface area contributed by atoms with E-state index < -0.39 is 12.1 Å². The minimum atomic E-state index is -4.81. The van der Waals surface area contributed by atoms with Crippen molar-refractivity contribution in [3.8, 4) is 0 Å². The van der Waals surface area contributed by atoms with Crippen LogP contribution < -0.4 is 10.2 Å². The number of rotatable bonds is 3. The van der Waals surface area contributed by atoms with Crippen LogP contribution in [-0.2, 0) is 4.79 Å². The van der Waals surface area contributed by atoms with Gasteiger partial charge in [0.1, 0.15) is 0 Å². The van der Waals surface area contributed by atoms with Gasteiger partial charge < -0.3 is 10.2 Å². The summed E-state index contributed by atoms with van der Waals surface area (Å²) in [5.41, 5.74) is 0. The Hall–Kier alpha value is -1.31. The number of thiazole rings is 1. The number of halogens is 3. The predicted octanol–water partition coefficient (Wildman–Crippen LogP) is 1.79. The summed E-state index contributed by atoms with van der Waals surface area (Å²) in [6, 6.07) is -0.109. The van der Waals surface area contributed by atoms with Crippen LogP contribution in [-0.4, -0.2) is 36.2 Å². The van der Waals surface area contributed by atoms with E-state index in [9.17, 15) is 18.0 Å². The summed E-state index contributed by atoms with van der Waals surface area (Å²) in [5, 5.41) is 4.54. The van der Waals surface area contributed by atoms with Crippen LogP contribution in [0.3, 0.4) is 0 Å². The zero-order chi connectivity index (χ0) is 13.2. The van der Waals surface area contributed by atoms with Gasteiger partial charge in [0, 0.05) is 30.7 Å². The van der Waals surface area contributed by atoms with E-state index in [1.54, 1.807) is 6.20 Å². The molecule has 0 spiro atoms. The van der Waals surface area contributed by atoms with Gasteiger partial charge >= 0.3 is 12.1 Å². The molecule has 1 unspecified atom stereocenters. The van der Waals surface area contributed by atoms with Crippen LogP contribution in [0.2, 0.25) is 0 Å². The van der Waals surface area contributed by atoms with Crippen molar-refractivity contribution in [2.75, 3.05) is 18.0 Å². The van der Waals surface area contributed by atoms with Crippen LogP contribution >= 0.6 is 11.3 Å². The molecule has 0 bridgehead atoms. The predicted molar refractivity (Wildman–Crippen MR) is 61.5 cm³/mol. The molecule has 1 saturated heterocycles. The highest BCUT2D eigenvalue weighted by Gasteiger charge is 2.39. The Morgan fingerprint density at radius 2 is 2.39 bits per heavy atom. The van der Waals surface area contributed by atoms with Crippen LogP contribution in [0, 0.1) is 0 Å². The summed E-state index contributed by atoms with van der Waals surface area (Å²) in [7, 11) is 0. The zero-order valence-corrected chi connectivity index (χ0v) is 10.2. The van der Waals surface area contributed by atoms with Crippen LogP contribution in [0.25, 0.3) is 0 Å². The first-order chi connectivity index (χ1) is 8.48. The summed E-state index contributed by atoms with van der Waals surface area (Å²) >= 11 is 1.44. The molecule has 0 aromatic carbocycles. The molecule has 1 aliphatic rings. The minimum absolute atomic E-state index is 0.00206. The van der Waals surface area contributed by atoms with Gasteiger partial charge in [-0.05, 0) is 12.8 Å². The van der Waals surface area contributed by atoms with E-state index in [1.165, 1.54) is 11.3 Å². The number of anilines is 1. The number of nitrogens with one attached hydrogen (secondary N) is 1. The van der Waals surface area contributed by atoms with Crippen molar-refractivity contribution >= 4 is 22.4 Å². The first kappa shape index (κ1) is 13.1. The molecule has 1 atom stereocenters. The average Bonchev–Trinajstić information content (AvgIpc) is 2.94. The SMILES string of the molecule is O=C(NCC1CCCN1c1nccs1)C(F)(F)F. The third-order valence-electron chi connectivity index (χ3n) is 2.80. The minimum Gasteiger partial charge on any atom is -0.346 e. The van der Waals surface area contributed by atoms with Gasteiger partial charge in [0.15, 0.2) is 5.13 Å². The van der Waals surface area contributed by atoms with Gasteiger partial charge in [0.2, 0.25) is 0 Å². The molecule has 1 aliphatic heterocycles. The van der Waals surface area contributed by atoms with E-state index in [0.717, 1.165) is 24.5 Å². The fourth-order valence-corrected chi connectivity index (χ4v) is 2.71. The Balaban J connectivity index is 1.91. The van der Waals surface area contributed by atoms with E-state index in [-0.39, 0.29) is 12.6 Å². The highest BCUT2D eigenvalue weighted by Crippen LogP contribution is 2.27. The van der Waals surface area contributed by atoms with Crippen LogP contribution in [0.5, 0.6) is 0 Å². The smallest absolute Gasteiger partial charge is 0.346 e. The summed E-state index contributed by atoms with van der Waals surface area (Å²) in [6.45, 7) is 0.762. The molecule has 1 N–H and O–H groups in total. The molecule has 1 amide bonds. The number of hydrogen-bond donors (Lipinski definition) is 1. The van der Waals surface area contributed by atoms with Gasteiger partial charge in [-0.3, -0.25) is 4.79 Å². The van der Waals surface area contributed by atoms with E-state index in [1.807, 2.05) is 15.6 Å². The Labute approximate surface area is 106 Å². The first-order valence-electron chi connectivity index (χ1n) is 5.49. The molecular weight excluding hydrogens is 267 g/mol. The maximum atomic E-state index is 12.1. The lowest BCUT2D eigenvalue weighted by atomic mass is 10.2. The lowest BCUT2D eigenvalue weighted by molar-refractivity contribution is -0.173. The number of hydrogen-bond acceptors (Lipinski definition) is 4. The number of carbonyl (C=O) groups excluding carboxylic acids is 1. The lowest BCUT2D eigenvalue weighted by Crippen LogP contribution is -2.44. The third-order valence-corrected chi connectivity index (χ3v) is 3.61. The quantitative estimate of drug-likeness (QED) is 0.917. The molecule has 4 nitrogen and oxygen atoms in total. The second-order valence-electron chi connectivity index (χ2n) is 4.01. The number of aromatic nitrogens is 1. The normalized spacial score (nSPS) is 20.2. The molecular formula is C10H12F3N3OS. The average molecular weight is 279 g/mol. The standard InChI is InChI=1S/C10H12F3N3OS/c11-10(12,13)8(17)15-6-7-2-1-4-16(7)9-14-3-5-18-9/h3,5,7H,1-2,4,6H2,(H,15,17). The summed E-state index contributed by atoms with van der Waals surface area (Å²) < 4.78 is 36.2. The van der Waals surface area contributed by atoms with E-state index >= 15 is 0 Å². The molecule has 0 saturated carbocycles. The molecule has 18 heavy (non-hydrogen) atoms. The van der Waals surface area contributed by atoms with Crippen LogP contribution in [0.15, 0.2) is 11.6 Å². The largest absolute Gasteiger partial charge is 0.471 e. The molecule has 2 heterocycles. The zero-order valence-electron chi connectivity index (χ0n) is 9.41.